The van der Waals surface area contributed by atoms with Crippen LogP contribution in [-0.4, -0.2) is 0 Å². The number of rotatable bonds is 4. The van der Waals surface area contributed by atoms with Gasteiger partial charge >= 0.3 is 0 Å². The lowest BCUT2D eigenvalue weighted by molar-refractivity contribution is 0.624. The van der Waals surface area contributed by atoms with Crippen molar-refractivity contribution in [2.24, 2.45) is 0 Å². The van der Waals surface area contributed by atoms with Gasteiger partial charge in [0.2, 0.25) is 0 Å². The number of allylic oxidation sites excluding steroid dienone is 1. The molecule has 0 N–H and O–H groups in total. The van der Waals surface area contributed by atoms with Gasteiger partial charge in [0.15, 0.2) is 0 Å². The first-order valence-corrected chi connectivity index (χ1v) is 8.76. The maximum Gasteiger partial charge on any atom is 0.131 e. The van der Waals surface area contributed by atoms with Gasteiger partial charge in [-0.15, -0.1) is 0 Å². The van der Waals surface area contributed by atoms with Crippen molar-refractivity contribution in [3.8, 4) is 6.07 Å². The fourth-order valence-electron chi connectivity index (χ4n) is 2.33. The van der Waals surface area contributed by atoms with Crippen LogP contribution in [-0.2, 0) is 0 Å². The highest BCUT2D eigenvalue weighted by atomic mass is 35.5. The maximum atomic E-state index is 14.0. The van der Waals surface area contributed by atoms with E-state index in [0.717, 1.165) is 15.4 Å². The summed E-state index contributed by atoms with van der Waals surface area (Å²) >= 11 is 7.49. The summed E-state index contributed by atoms with van der Waals surface area (Å²) in [7, 11) is 0. The molecule has 0 amide bonds. The molecule has 0 fully saturated rings. The fourth-order valence-corrected chi connectivity index (χ4v) is 3.37. The fraction of sp³-hybridized carbons (Fsp3) is 0. The van der Waals surface area contributed by atoms with Crippen LogP contribution in [0.15, 0.2) is 82.6 Å². The topological polar surface area (TPSA) is 23.8 Å². The van der Waals surface area contributed by atoms with E-state index in [1.54, 1.807) is 36.0 Å². The molecular weight excluding hydrogens is 353 g/mol. The van der Waals surface area contributed by atoms with Crippen LogP contribution in [0.2, 0.25) is 5.02 Å². The average Bonchev–Trinajstić information content (AvgIpc) is 2.63. The molecule has 0 spiro atoms. The van der Waals surface area contributed by atoms with Gasteiger partial charge in [-0.1, -0.05) is 59.8 Å². The lowest BCUT2D eigenvalue weighted by Crippen LogP contribution is -1.88. The van der Waals surface area contributed by atoms with E-state index >= 15 is 0 Å². The Morgan fingerprint density at radius 2 is 1.64 bits per heavy atom. The summed E-state index contributed by atoms with van der Waals surface area (Å²) in [5.41, 5.74) is 1.46. The van der Waals surface area contributed by atoms with Crippen molar-refractivity contribution in [3.63, 3.8) is 0 Å². The Hall–Kier alpha value is -2.54. The van der Waals surface area contributed by atoms with Gasteiger partial charge in [-0.25, -0.2) is 4.39 Å². The molecule has 122 valence electrons. The first-order valence-electron chi connectivity index (χ1n) is 7.56. The standard InChI is InChI=1S/C21H13ClFNS/c22-17-9-11-18(12-10-17)25-21-8-4-1-5-15(21)13-16(14-24)19-6-2-3-7-20(19)23/h1-13H/b16-13+. The molecule has 3 rings (SSSR count). The van der Waals surface area contributed by atoms with Crippen LogP contribution < -0.4 is 0 Å². The van der Waals surface area contributed by atoms with Crippen molar-refractivity contribution in [1.82, 2.24) is 0 Å². The molecule has 0 saturated carbocycles. The predicted octanol–water partition coefficient (Wildman–Crippen LogP) is 6.69. The molecule has 4 heteroatoms. The van der Waals surface area contributed by atoms with Gasteiger partial charge in [0.1, 0.15) is 5.82 Å². The Labute approximate surface area is 155 Å². The van der Waals surface area contributed by atoms with Gasteiger partial charge in [0.25, 0.3) is 0 Å². The monoisotopic (exact) mass is 365 g/mol. The predicted molar refractivity (Wildman–Crippen MR) is 102 cm³/mol. The van der Waals surface area contributed by atoms with E-state index < -0.39 is 5.82 Å². The maximum absolute atomic E-state index is 14.0. The summed E-state index contributed by atoms with van der Waals surface area (Å²) in [5, 5.41) is 10.2. The second kappa shape index (κ2) is 8.02. The van der Waals surface area contributed by atoms with Gasteiger partial charge < -0.3 is 0 Å². The Kier molecular flexibility index (Phi) is 5.55. The Balaban J connectivity index is 1.99. The van der Waals surface area contributed by atoms with E-state index in [4.69, 9.17) is 11.6 Å². The highest BCUT2D eigenvalue weighted by molar-refractivity contribution is 7.99. The van der Waals surface area contributed by atoms with E-state index in [1.807, 2.05) is 48.5 Å². The molecule has 0 unspecified atom stereocenters. The summed E-state index contributed by atoms with van der Waals surface area (Å²) in [5.74, 6) is -0.405. The third-order valence-electron chi connectivity index (χ3n) is 3.54. The van der Waals surface area contributed by atoms with Gasteiger partial charge in [-0.05, 0) is 48.0 Å². The summed E-state index contributed by atoms with van der Waals surface area (Å²) in [6.45, 7) is 0. The van der Waals surface area contributed by atoms with Crippen LogP contribution in [0.4, 0.5) is 4.39 Å². The minimum absolute atomic E-state index is 0.294. The highest BCUT2D eigenvalue weighted by Crippen LogP contribution is 2.33. The summed E-state index contributed by atoms with van der Waals surface area (Å²) in [6.07, 6.45) is 1.72. The number of hydrogen-bond donors (Lipinski definition) is 0. The molecule has 1 nitrogen and oxygen atoms in total. The van der Waals surface area contributed by atoms with Crippen molar-refractivity contribution in [1.29, 1.82) is 5.26 Å². The minimum atomic E-state index is -0.405. The summed E-state index contributed by atoms with van der Waals surface area (Å²) in [6, 6.07) is 23.7. The molecule has 25 heavy (non-hydrogen) atoms. The first kappa shape index (κ1) is 17.3. The Morgan fingerprint density at radius 3 is 2.36 bits per heavy atom. The van der Waals surface area contributed by atoms with Crippen LogP contribution in [0.3, 0.4) is 0 Å². The zero-order valence-electron chi connectivity index (χ0n) is 13.1. The molecule has 0 saturated heterocycles. The zero-order valence-corrected chi connectivity index (χ0v) is 14.7. The van der Waals surface area contributed by atoms with Crippen LogP contribution in [0, 0.1) is 17.1 Å². The van der Waals surface area contributed by atoms with Crippen molar-refractivity contribution in [2.45, 2.75) is 9.79 Å². The van der Waals surface area contributed by atoms with Gasteiger partial charge in [0, 0.05) is 20.4 Å². The normalized spacial score (nSPS) is 11.2. The molecule has 0 radical (unpaired) electrons. The Morgan fingerprint density at radius 1 is 0.960 bits per heavy atom. The summed E-state index contributed by atoms with van der Waals surface area (Å²) < 4.78 is 14.0. The van der Waals surface area contributed by atoms with E-state index in [9.17, 15) is 9.65 Å². The third-order valence-corrected chi connectivity index (χ3v) is 4.90. The van der Waals surface area contributed by atoms with Crippen LogP contribution in [0.25, 0.3) is 11.6 Å². The highest BCUT2D eigenvalue weighted by Gasteiger charge is 2.09. The van der Waals surface area contributed by atoms with Crippen molar-refractivity contribution in [2.75, 3.05) is 0 Å². The second-order valence-corrected chi connectivity index (χ2v) is 6.80. The van der Waals surface area contributed by atoms with Crippen molar-refractivity contribution in [3.05, 3.63) is 94.8 Å². The van der Waals surface area contributed by atoms with Gasteiger partial charge in [0.05, 0.1) is 11.6 Å². The second-order valence-electron chi connectivity index (χ2n) is 5.24. The van der Waals surface area contributed by atoms with E-state index in [-0.39, 0.29) is 0 Å². The van der Waals surface area contributed by atoms with Gasteiger partial charge in [-0.3, -0.25) is 0 Å². The molecule has 0 heterocycles. The number of nitriles is 1. The van der Waals surface area contributed by atoms with Crippen molar-refractivity contribution >= 4 is 35.0 Å². The molecule has 0 bridgehead atoms. The molecule has 0 aliphatic rings. The average molecular weight is 366 g/mol. The van der Waals surface area contributed by atoms with Crippen LogP contribution in [0.5, 0.6) is 0 Å². The number of benzene rings is 3. The SMILES string of the molecule is N#C/C(=C\c1ccccc1Sc1ccc(Cl)cc1)c1ccccc1F. The number of hydrogen-bond acceptors (Lipinski definition) is 2. The molecular formula is C21H13ClFNS. The van der Waals surface area contributed by atoms with E-state index in [0.29, 0.717) is 16.2 Å². The largest absolute Gasteiger partial charge is 0.206 e. The first-order chi connectivity index (χ1) is 12.2. The Bertz CT molecular complexity index is 958. The van der Waals surface area contributed by atoms with E-state index in [1.165, 1.54) is 6.07 Å². The number of halogens is 2. The molecule has 3 aromatic rings. The lowest BCUT2D eigenvalue weighted by atomic mass is 10.0. The van der Waals surface area contributed by atoms with Crippen LogP contribution >= 0.6 is 23.4 Å². The van der Waals surface area contributed by atoms with Crippen LogP contribution in [0.1, 0.15) is 11.1 Å². The smallest absolute Gasteiger partial charge is 0.131 e. The molecule has 0 aromatic heterocycles. The van der Waals surface area contributed by atoms with Gasteiger partial charge in [-0.2, -0.15) is 5.26 Å². The third kappa shape index (κ3) is 4.30. The molecule has 0 aliphatic carbocycles. The summed E-state index contributed by atoms with van der Waals surface area (Å²) in [4.78, 5) is 2.02. The lowest BCUT2D eigenvalue weighted by Gasteiger charge is -2.07. The zero-order chi connectivity index (χ0) is 17.6. The van der Waals surface area contributed by atoms with Crippen molar-refractivity contribution < 1.29 is 4.39 Å². The molecule has 0 aliphatic heterocycles. The van der Waals surface area contributed by atoms with E-state index in [2.05, 4.69) is 6.07 Å². The quantitative estimate of drug-likeness (QED) is 0.379. The number of nitrogens with zero attached hydrogens (tertiary/aromatic N) is 1. The molecule has 3 aromatic carbocycles. The molecule has 0 atom stereocenters. The minimum Gasteiger partial charge on any atom is -0.206 e.